The maximum atomic E-state index is 5.12. The van der Waals surface area contributed by atoms with Crippen LogP contribution in [0.25, 0.3) is 71.8 Å². The SMILES string of the molecule is c1ccc(-c2cc(-n3c4ccccc4c4ccc5c6ccccc6[nH]c5c43)cc(-c3ccccc3)n2)cc1. The van der Waals surface area contributed by atoms with E-state index in [0.717, 1.165) is 39.2 Å². The standard InChI is InChI=1S/C35H23N3/c1-3-11-23(12-4-1)31-21-25(22-32(36-31)24-13-5-2-6-14-24)38-33-18-10-8-16-27(33)29-20-19-28-26-15-7-9-17-30(26)37-34(28)35(29)38/h1-22,37H. The molecule has 0 bridgehead atoms. The second-order valence-corrected chi connectivity index (χ2v) is 9.74. The van der Waals surface area contributed by atoms with Crippen molar-refractivity contribution in [3.63, 3.8) is 0 Å². The molecule has 1 N–H and O–H groups in total. The van der Waals surface area contributed by atoms with Crippen LogP contribution in [0.3, 0.4) is 0 Å². The molecule has 0 atom stereocenters. The van der Waals surface area contributed by atoms with Gasteiger partial charge >= 0.3 is 0 Å². The Morgan fingerprint density at radius 1 is 0.500 bits per heavy atom. The summed E-state index contributed by atoms with van der Waals surface area (Å²) >= 11 is 0. The lowest BCUT2D eigenvalue weighted by Crippen LogP contribution is -1.98. The van der Waals surface area contributed by atoms with E-state index in [1.54, 1.807) is 0 Å². The Hall–Kier alpha value is -5.15. The van der Waals surface area contributed by atoms with Crippen molar-refractivity contribution in [2.24, 2.45) is 0 Å². The van der Waals surface area contributed by atoms with Gasteiger partial charge in [-0.15, -0.1) is 0 Å². The number of aromatic nitrogens is 3. The van der Waals surface area contributed by atoms with Crippen molar-refractivity contribution in [3.8, 4) is 28.2 Å². The number of H-pyrrole nitrogens is 1. The Morgan fingerprint density at radius 2 is 1.08 bits per heavy atom. The molecule has 8 aromatic rings. The zero-order valence-corrected chi connectivity index (χ0v) is 20.6. The van der Waals surface area contributed by atoms with Gasteiger partial charge in [0.05, 0.1) is 33.6 Å². The van der Waals surface area contributed by atoms with Crippen molar-refractivity contribution in [2.75, 3.05) is 0 Å². The minimum absolute atomic E-state index is 0.955. The first-order chi connectivity index (χ1) is 18.8. The van der Waals surface area contributed by atoms with Crippen molar-refractivity contribution >= 4 is 43.6 Å². The van der Waals surface area contributed by atoms with Crippen LogP contribution < -0.4 is 0 Å². The molecule has 5 aromatic carbocycles. The van der Waals surface area contributed by atoms with Crippen LogP contribution in [-0.2, 0) is 0 Å². The molecule has 3 heteroatoms. The molecule has 0 aliphatic heterocycles. The largest absolute Gasteiger partial charge is 0.353 e. The van der Waals surface area contributed by atoms with Crippen LogP contribution >= 0.6 is 0 Å². The molecule has 0 fully saturated rings. The first-order valence-corrected chi connectivity index (χ1v) is 12.9. The fourth-order valence-corrected chi connectivity index (χ4v) is 5.80. The number of benzene rings is 5. The van der Waals surface area contributed by atoms with Crippen LogP contribution in [0.2, 0.25) is 0 Å². The van der Waals surface area contributed by atoms with Gasteiger partial charge in [-0.05, 0) is 24.3 Å². The van der Waals surface area contributed by atoms with E-state index in [2.05, 4.69) is 131 Å². The fraction of sp³-hybridized carbons (Fsp3) is 0. The molecule has 178 valence electrons. The zero-order valence-electron chi connectivity index (χ0n) is 20.6. The van der Waals surface area contributed by atoms with E-state index in [9.17, 15) is 0 Å². The summed E-state index contributed by atoms with van der Waals surface area (Å²) in [5, 5.41) is 4.95. The van der Waals surface area contributed by atoms with E-state index in [4.69, 9.17) is 4.98 Å². The lowest BCUT2D eigenvalue weighted by Gasteiger charge is -2.13. The van der Waals surface area contributed by atoms with Crippen molar-refractivity contribution in [1.82, 2.24) is 14.5 Å². The smallest absolute Gasteiger partial charge is 0.0783 e. The van der Waals surface area contributed by atoms with E-state index in [1.165, 1.54) is 32.6 Å². The number of nitrogens with zero attached hydrogens (tertiary/aromatic N) is 2. The first-order valence-electron chi connectivity index (χ1n) is 12.9. The quantitative estimate of drug-likeness (QED) is 0.266. The molecule has 0 aliphatic rings. The van der Waals surface area contributed by atoms with E-state index >= 15 is 0 Å². The average Bonchev–Trinajstić information content (AvgIpc) is 3.54. The Bertz CT molecular complexity index is 2060. The van der Waals surface area contributed by atoms with Gasteiger partial charge in [0.15, 0.2) is 0 Å². The number of aromatic amines is 1. The van der Waals surface area contributed by atoms with Crippen LogP contribution in [0.5, 0.6) is 0 Å². The van der Waals surface area contributed by atoms with Crippen LogP contribution in [0.4, 0.5) is 0 Å². The second-order valence-electron chi connectivity index (χ2n) is 9.74. The second kappa shape index (κ2) is 8.19. The molecule has 0 amide bonds. The number of para-hydroxylation sites is 2. The predicted molar refractivity (Wildman–Crippen MR) is 159 cm³/mol. The third-order valence-corrected chi connectivity index (χ3v) is 7.52. The normalized spacial score (nSPS) is 11.7. The van der Waals surface area contributed by atoms with Crippen LogP contribution in [0.1, 0.15) is 0 Å². The summed E-state index contributed by atoms with van der Waals surface area (Å²) in [5.74, 6) is 0. The van der Waals surface area contributed by atoms with Gasteiger partial charge in [0.1, 0.15) is 0 Å². The van der Waals surface area contributed by atoms with Gasteiger partial charge in [-0.3, -0.25) is 0 Å². The molecule has 0 radical (unpaired) electrons. The fourth-order valence-electron chi connectivity index (χ4n) is 5.80. The summed E-state index contributed by atoms with van der Waals surface area (Å²) in [6.07, 6.45) is 0. The molecule has 0 saturated carbocycles. The summed E-state index contributed by atoms with van der Waals surface area (Å²) in [4.78, 5) is 8.87. The van der Waals surface area contributed by atoms with E-state index in [-0.39, 0.29) is 0 Å². The molecule has 0 saturated heterocycles. The molecule has 0 unspecified atom stereocenters. The Kier molecular flexibility index (Phi) is 4.52. The molecule has 38 heavy (non-hydrogen) atoms. The summed E-state index contributed by atoms with van der Waals surface area (Å²) in [5.41, 5.74) is 9.87. The lowest BCUT2D eigenvalue weighted by molar-refractivity contribution is 1.16. The molecule has 0 aliphatic carbocycles. The molecule has 0 spiro atoms. The summed E-state index contributed by atoms with van der Waals surface area (Å²) in [7, 11) is 0. The third kappa shape index (κ3) is 3.12. The Labute approximate surface area is 219 Å². The molecule has 3 nitrogen and oxygen atoms in total. The molecular weight excluding hydrogens is 462 g/mol. The van der Waals surface area contributed by atoms with E-state index in [0.29, 0.717) is 0 Å². The topological polar surface area (TPSA) is 33.6 Å². The van der Waals surface area contributed by atoms with Gasteiger partial charge < -0.3 is 9.55 Å². The van der Waals surface area contributed by atoms with Gasteiger partial charge in [-0.2, -0.15) is 0 Å². The Morgan fingerprint density at radius 3 is 1.79 bits per heavy atom. The highest BCUT2D eigenvalue weighted by Crippen LogP contribution is 2.39. The first kappa shape index (κ1) is 21.0. The molecule has 3 aromatic heterocycles. The number of nitrogens with one attached hydrogen (secondary N) is 1. The van der Waals surface area contributed by atoms with Gasteiger partial charge in [0, 0.05) is 38.2 Å². The third-order valence-electron chi connectivity index (χ3n) is 7.52. The minimum Gasteiger partial charge on any atom is -0.353 e. The molecular formula is C35H23N3. The number of hydrogen-bond donors (Lipinski definition) is 1. The molecule has 8 rings (SSSR count). The predicted octanol–water partition coefficient (Wildman–Crippen LogP) is 9.15. The minimum atomic E-state index is 0.955. The van der Waals surface area contributed by atoms with Crippen LogP contribution in [-0.4, -0.2) is 14.5 Å². The summed E-state index contributed by atoms with van der Waals surface area (Å²) < 4.78 is 2.41. The molecule has 3 heterocycles. The van der Waals surface area contributed by atoms with Crippen molar-refractivity contribution in [2.45, 2.75) is 0 Å². The summed E-state index contributed by atoms with van der Waals surface area (Å²) in [6, 6.07) is 47.1. The van der Waals surface area contributed by atoms with Crippen molar-refractivity contribution in [1.29, 1.82) is 0 Å². The maximum absolute atomic E-state index is 5.12. The highest BCUT2D eigenvalue weighted by molar-refractivity contribution is 6.22. The van der Waals surface area contributed by atoms with Crippen LogP contribution in [0, 0.1) is 0 Å². The number of pyridine rings is 1. The monoisotopic (exact) mass is 485 g/mol. The van der Waals surface area contributed by atoms with E-state index < -0.39 is 0 Å². The number of hydrogen-bond acceptors (Lipinski definition) is 1. The number of rotatable bonds is 3. The van der Waals surface area contributed by atoms with Crippen molar-refractivity contribution in [3.05, 3.63) is 133 Å². The van der Waals surface area contributed by atoms with Crippen molar-refractivity contribution < 1.29 is 0 Å². The Balaban J connectivity index is 1.53. The van der Waals surface area contributed by atoms with E-state index in [1.807, 2.05) is 12.1 Å². The van der Waals surface area contributed by atoms with Gasteiger partial charge in [0.25, 0.3) is 0 Å². The lowest BCUT2D eigenvalue weighted by atomic mass is 10.1. The highest BCUT2D eigenvalue weighted by Gasteiger charge is 2.18. The summed E-state index contributed by atoms with van der Waals surface area (Å²) in [6.45, 7) is 0. The maximum Gasteiger partial charge on any atom is 0.0783 e. The van der Waals surface area contributed by atoms with Gasteiger partial charge in [0.2, 0.25) is 0 Å². The zero-order chi connectivity index (χ0) is 25.1. The number of fused-ring (bicyclic) bond motifs is 7. The van der Waals surface area contributed by atoms with Gasteiger partial charge in [-0.25, -0.2) is 4.98 Å². The van der Waals surface area contributed by atoms with Crippen LogP contribution in [0.15, 0.2) is 133 Å². The van der Waals surface area contributed by atoms with Gasteiger partial charge in [-0.1, -0.05) is 109 Å². The average molecular weight is 486 g/mol. The highest BCUT2D eigenvalue weighted by atomic mass is 15.0.